The van der Waals surface area contributed by atoms with Gasteiger partial charge in [0.15, 0.2) is 0 Å². The number of hydrogen-bond acceptors (Lipinski definition) is 2. The van der Waals surface area contributed by atoms with Crippen LogP contribution in [-0.4, -0.2) is 0 Å². The minimum Gasteiger partial charge on any atom is -0.455 e. The summed E-state index contributed by atoms with van der Waals surface area (Å²) in [5.41, 5.74) is 14.5. The van der Waals surface area contributed by atoms with Crippen molar-refractivity contribution in [3.05, 3.63) is 249 Å². The highest BCUT2D eigenvalue weighted by Crippen LogP contribution is 2.47. The van der Waals surface area contributed by atoms with Crippen LogP contribution in [0.3, 0.4) is 0 Å². The van der Waals surface area contributed by atoms with Crippen LogP contribution >= 0.6 is 0 Å². The molecule has 0 amide bonds. The first-order valence-electron chi connectivity index (χ1n) is 22.7. The van der Waals surface area contributed by atoms with E-state index in [4.69, 9.17) is 4.42 Å². The first-order chi connectivity index (χ1) is 32.7. The van der Waals surface area contributed by atoms with Crippen molar-refractivity contribution in [1.82, 2.24) is 0 Å². The summed E-state index contributed by atoms with van der Waals surface area (Å²) in [6.45, 7) is 0. The van der Waals surface area contributed by atoms with Crippen molar-refractivity contribution in [2.45, 2.75) is 0 Å². The average Bonchev–Trinajstić information content (AvgIpc) is 3.78. The first-order valence-corrected chi connectivity index (χ1v) is 22.7. The molecule has 0 radical (unpaired) electrons. The third kappa shape index (κ3) is 6.18. The zero-order valence-corrected chi connectivity index (χ0v) is 36.0. The third-order valence-corrected chi connectivity index (χ3v) is 13.4. The Morgan fingerprint density at radius 1 is 0.273 bits per heavy atom. The third-order valence-electron chi connectivity index (χ3n) is 13.4. The van der Waals surface area contributed by atoms with Gasteiger partial charge in [-0.15, -0.1) is 0 Å². The van der Waals surface area contributed by atoms with Crippen molar-refractivity contribution in [3.8, 4) is 44.5 Å². The molecule has 0 bridgehead atoms. The summed E-state index contributed by atoms with van der Waals surface area (Å²) < 4.78 is 6.48. The fraction of sp³-hybridized carbons (Fsp3) is 0. The minimum atomic E-state index is 0.903. The summed E-state index contributed by atoms with van der Waals surface area (Å²) in [4.78, 5) is 2.41. The highest BCUT2D eigenvalue weighted by molar-refractivity contribution is 6.22. The number of hydrogen-bond donors (Lipinski definition) is 0. The summed E-state index contributed by atoms with van der Waals surface area (Å²) in [5, 5.41) is 12.1. The zero-order valence-electron chi connectivity index (χ0n) is 36.0. The molecule has 0 saturated heterocycles. The van der Waals surface area contributed by atoms with Gasteiger partial charge in [0, 0.05) is 33.1 Å². The molecule has 12 aromatic carbocycles. The van der Waals surface area contributed by atoms with Crippen molar-refractivity contribution >= 4 is 82.1 Å². The van der Waals surface area contributed by atoms with Crippen molar-refractivity contribution in [3.63, 3.8) is 0 Å². The number of anilines is 3. The molecule has 308 valence electrons. The van der Waals surface area contributed by atoms with E-state index in [1.54, 1.807) is 0 Å². The lowest BCUT2D eigenvalue weighted by Gasteiger charge is -2.28. The largest absolute Gasteiger partial charge is 0.455 e. The Morgan fingerprint density at radius 2 is 0.773 bits per heavy atom. The van der Waals surface area contributed by atoms with Crippen molar-refractivity contribution in [2.24, 2.45) is 0 Å². The van der Waals surface area contributed by atoms with Gasteiger partial charge in [-0.3, -0.25) is 0 Å². The maximum absolute atomic E-state index is 6.48. The number of benzene rings is 12. The predicted octanol–water partition coefficient (Wildman–Crippen LogP) is 18.3. The van der Waals surface area contributed by atoms with E-state index in [0.29, 0.717) is 0 Å². The Bertz CT molecular complexity index is 3960. The van der Waals surface area contributed by atoms with Crippen LogP contribution in [0.4, 0.5) is 17.1 Å². The van der Waals surface area contributed by atoms with E-state index in [1.165, 1.54) is 70.9 Å². The molecule has 0 N–H and O–H groups in total. The number of fused-ring (bicyclic) bond motifs is 9. The molecule has 0 spiro atoms. The van der Waals surface area contributed by atoms with Gasteiger partial charge in [-0.2, -0.15) is 0 Å². The molecule has 1 heterocycles. The van der Waals surface area contributed by atoms with E-state index in [1.807, 2.05) is 12.1 Å². The number of para-hydroxylation sites is 2. The fourth-order valence-electron chi connectivity index (χ4n) is 10.4. The van der Waals surface area contributed by atoms with Crippen LogP contribution in [0.25, 0.3) is 110 Å². The van der Waals surface area contributed by atoms with Crippen molar-refractivity contribution < 1.29 is 4.42 Å². The summed E-state index contributed by atoms with van der Waals surface area (Å²) in [5.74, 6) is 0. The lowest BCUT2D eigenvalue weighted by Crippen LogP contribution is -2.10. The lowest BCUT2D eigenvalue weighted by atomic mass is 9.84. The molecule has 0 saturated carbocycles. The molecule has 0 aliphatic carbocycles. The number of furan rings is 1. The van der Waals surface area contributed by atoms with Gasteiger partial charge in [0.25, 0.3) is 0 Å². The van der Waals surface area contributed by atoms with E-state index in [9.17, 15) is 0 Å². The molecular formula is C64H41NO. The molecule has 2 nitrogen and oxygen atoms in total. The molecule has 2 heteroatoms. The van der Waals surface area contributed by atoms with Gasteiger partial charge < -0.3 is 9.32 Å². The van der Waals surface area contributed by atoms with Gasteiger partial charge >= 0.3 is 0 Å². The minimum absolute atomic E-state index is 0.903. The molecule has 0 fully saturated rings. The van der Waals surface area contributed by atoms with Crippen LogP contribution in [0.5, 0.6) is 0 Å². The van der Waals surface area contributed by atoms with Gasteiger partial charge in [0.2, 0.25) is 0 Å². The Balaban J connectivity index is 0.972. The zero-order chi connectivity index (χ0) is 43.6. The first kappa shape index (κ1) is 37.8. The van der Waals surface area contributed by atoms with Crippen LogP contribution in [0.15, 0.2) is 253 Å². The van der Waals surface area contributed by atoms with Crippen LogP contribution in [0.2, 0.25) is 0 Å². The fourth-order valence-corrected chi connectivity index (χ4v) is 10.4. The monoisotopic (exact) mass is 839 g/mol. The molecule has 0 atom stereocenters. The Kier molecular flexibility index (Phi) is 8.89. The van der Waals surface area contributed by atoms with Gasteiger partial charge in [0.05, 0.1) is 5.69 Å². The second-order valence-electron chi connectivity index (χ2n) is 17.2. The highest BCUT2D eigenvalue weighted by atomic mass is 16.3. The van der Waals surface area contributed by atoms with E-state index in [-0.39, 0.29) is 0 Å². The number of rotatable bonds is 7. The second kappa shape index (κ2) is 15.5. The topological polar surface area (TPSA) is 16.4 Å². The molecule has 0 aliphatic heterocycles. The van der Waals surface area contributed by atoms with Gasteiger partial charge in [-0.05, 0) is 119 Å². The van der Waals surface area contributed by atoms with Crippen LogP contribution in [0, 0.1) is 0 Å². The van der Waals surface area contributed by atoms with E-state index < -0.39 is 0 Å². The quantitative estimate of drug-likeness (QED) is 0.149. The van der Waals surface area contributed by atoms with Crippen molar-refractivity contribution in [1.29, 1.82) is 0 Å². The van der Waals surface area contributed by atoms with E-state index in [0.717, 1.165) is 55.7 Å². The molecular weight excluding hydrogens is 799 g/mol. The maximum Gasteiger partial charge on any atom is 0.143 e. The van der Waals surface area contributed by atoms with E-state index >= 15 is 0 Å². The second-order valence-corrected chi connectivity index (χ2v) is 17.2. The normalized spacial score (nSPS) is 11.6. The summed E-state index contributed by atoms with van der Waals surface area (Å²) in [6.07, 6.45) is 0. The van der Waals surface area contributed by atoms with Crippen LogP contribution in [-0.2, 0) is 0 Å². The standard InChI is InChI=1S/C64H41NO/c1-3-16-44(17-4-1)62-57-26-12-10-23-53(57)54-39-34-46(40-59(54)63(62)45-18-5-2-6-19-45)42-30-35-48(36-31-42)65(60-41-47-20-7-8-21-50(47)52-22-9-11-24-55(52)60)49-37-32-43(33-38-49)51-27-15-28-58-56-25-13-14-29-61(56)66-64(51)58/h1-41H. The van der Waals surface area contributed by atoms with E-state index in [2.05, 4.69) is 241 Å². The summed E-state index contributed by atoms with van der Waals surface area (Å²) >= 11 is 0. The number of nitrogens with zero attached hydrogens (tertiary/aromatic N) is 1. The molecule has 0 aliphatic rings. The Labute approximate surface area is 382 Å². The highest BCUT2D eigenvalue weighted by Gasteiger charge is 2.21. The molecule has 1 aromatic heterocycles. The molecule has 13 aromatic rings. The van der Waals surface area contributed by atoms with Gasteiger partial charge in [-0.1, -0.05) is 206 Å². The molecule has 66 heavy (non-hydrogen) atoms. The van der Waals surface area contributed by atoms with Gasteiger partial charge in [0.1, 0.15) is 11.2 Å². The smallest absolute Gasteiger partial charge is 0.143 e. The Hall–Kier alpha value is -8.72. The average molecular weight is 840 g/mol. The SMILES string of the molecule is c1ccc(-c2c(-c3ccccc3)c3cc(-c4ccc(N(c5ccc(-c6cccc7c6oc6ccccc67)cc5)c5cc6ccccc6c6ccccc56)cc4)ccc3c3ccccc23)cc1. The molecule has 13 rings (SSSR count). The van der Waals surface area contributed by atoms with Crippen molar-refractivity contribution in [2.75, 3.05) is 4.90 Å². The Morgan fingerprint density at radius 3 is 1.47 bits per heavy atom. The molecule has 0 unspecified atom stereocenters. The van der Waals surface area contributed by atoms with Crippen LogP contribution < -0.4 is 4.90 Å². The predicted molar refractivity (Wildman–Crippen MR) is 280 cm³/mol. The maximum atomic E-state index is 6.48. The summed E-state index contributed by atoms with van der Waals surface area (Å²) in [6, 6.07) is 90.3. The van der Waals surface area contributed by atoms with Gasteiger partial charge in [-0.25, -0.2) is 0 Å². The summed E-state index contributed by atoms with van der Waals surface area (Å²) in [7, 11) is 0. The lowest BCUT2D eigenvalue weighted by molar-refractivity contribution is 0.670. The van der Waals surface area contributed by atoms with Crippen LogP contribution in [0.1, 0.15) is 0 Å².